The standard InChI is InChI=1S/C32H19ClN2O/c33-30-19-27(23-12-10-21(11-13-23)20-6-2-1-3-7-20)34-32(35-30)24-15-16-28-26(18-24)31-25-9-5-4-8-22(25)14-17-29(31)36-28/h1-19H. The van der Waals surface area contributed by atoms with Crippen molar-refractivity contribution in [2.75, 3.05) is 0 Å². The Bertz CT molecular complexity index is 1890. The lowest BCUT2D eigenvalue weighted by Gasteiger charge is -2.08. The van der Waals surface area contributed by atoms with E-state index in [4.69, 9.17) is 21.0 Å². The van der Waals surface area contributed by atoms with Gasteiger partial charge < -0.3 is 4.42 Å². The van der Waals surface area contributed by atoms with Crippen LogP contribution in [0.1, 0.15) is 0 Å². The first-order valence-electron chi connectivity index (χ1n) is 11.8. The van der Waals surface area contributed by atoms with Crippen LogP contribution in [-0.2, 0) is 0 Å². The molecule has 0 N–H and O–H groups in total. The zero-order valence-corrected chi connectivity index (χ0v) is 19.9. The highest BCUT2D eigenvalue weighted by atomic mass is 35.5. The highest BCUT2D eigenvalue weighted by Crippen LogP contribution is 2.36. The van der Waals surface area contributed by atoms with Crippen LogP contribution in [0.15, 0.2) is 120 Å². The summed E-state index contributed by atoms with van der Waals surface area (Å²) in [7, 11) is 0. The summed E-state index contributed by atoms with van der Waals surface area (Å²) in [5, 5.41) is 4.89. The van der Waals surface area contributed by atoms with E-state index >= 15 is 0 Å². The van der Waals surface area contributed by atoms with E-state index < -0.39 is 0 Å². The molecule has 2 aromatic heterocycles. The van der Waals surface area contributed by atoms with E-state index in [1.54, 1.807) is 0 Å². The van der Waals surface area contributed by atoms with Gasteiger partial charge in [-0.1, -0.05) is 96.5 Å². The van der Waals surface area contributed by atoms with Gasteiger partial charge in [-0.25, -0.2) is 9.97 Å². The average molecular weight is 483 g/mol. The Morgan fingerprint density at radius 3 is 2.08 bits per heavy atom. The number of furan rings is 1. The molecule has 0 atom stereocenters. The van der Waals surface area contributed by atoms with Crippen LogP contribution in [0.3, 0.4) is 0 Å². The van der Waals surface area contributed by atoms with Crippen molar-refractivity contribution in [3.05, 3.63) is 120 Å². The van der Waals surface area contributed by atoms with Crippen molar-refractivity contribution < 1.29 is 4.42 Å². The molecule has 0 radical (unpaired) electrons. The summed E-state index contributed by atoms with van der Waals surface area (Å²) in [6, 6.07) is 39.0. The largest absolute Gasteiger partial charge is 0.456 e. The SMILES string of the molecule is Clc1cc(-c2ccc(-c3ccccc3)cc2)nc(-c2ccc3oc4ccc5ccccc5c4c3c2)n1. The number of benzene rings is 5. The van der Waals surface area contributed by atoms with Crippen molar-refractivity contribution in [1.82, 2.24) is 9.97 Å². The van der Waals surface area contributed by atoms with E-state index in [9.17, 15) is 0 Å². The predicted molar refractivity (Wildman–Crippen MR) is 148 cm³/mol. The summed E-state index contributed by atoms with van der Waals surface area (Å²) in [6.07, 6.45) is 0. The first kappa shape index (κ1) is 20.9. The third kappa shape index (κ3) is 3.53. The third-order valence-corrected chi connectivity index (χ3v) is 6.79. The first-order valence-corrected chi connectivity index (χ1v) is 12.2. The minimum Gasteiger partial charge on any atom is -0.456 e. The molecule has 2 heterocycles. The lowest BCUT2D eigenvalue weighted by molar-refractivity contribution is 0.669. The first-order chi connectivity index (χ1) is 17.7. The Kier molecular flexibility index (Phi) is 4.83. The van der Waals surface area contributed by atoms with Gasteiger partial charge in [0.1, 0.15) is 16.3 Å². The van der Waals surface area contributed by atoms with Gasteiger partial charge in [-0.05, 0) is 46.2 Å². The van der Waals surface area contributed by atoms with Crippen LogP contribution in [0, 0.1) is 0 Å². The van der Waals surface area contributed by atoms with Gasteiger partial charge in [0.15, 0.2) is 5.82 Å². The fourth-order valence-corrected chi connectivity index (χ4v) is 5.03. The van der Waals surface area contributed by atoms with E-state index in [1.807, 2.05) is 42.5 Å². The Morgan fingerprint density at radius 1 is 0.528 bits per heavy atom. The maximum absolute atomic E-state index is 6.48. The zero-order chi connectivity index (χ0) is 24.1. The van der Waals surface area contributed by atoms with Gasteiger partial charge in [0.05, 0.1) is 5.69 Å². The second-order valence-corrected chi connectivity index (χ2v) is 9.20. The van der Waals surface area contributed by atoms with Gasteiger partial charge in [-0.2, -0.15) is 0 Å². The van der Waals surface area contributed by atoms with Gasteiger partial charge in [0, 0.05) is 28.0 Å². The molecule has 0 unspecified atom stereocenters. The van der Waals surface area contributed by atoms with E-state index in [0.717, 1.165) is 49.7 Å². The highest BCUT2D eigenvalue weighted by Gasteiger charge is 2.14. The molecule has 7 rings (SSSR count). The second kappa shape index (κ2) is 8.33. The summed E-state index contributed by atoms with van der Waals surface area (Å²) in [6.45, 7) is 0. The Labute approximate surface area is 212 Å². The van der Waals surface area contributed by atoms with Crippen LogP contribution in [0.25, 0.3) is 66.5 Å². The Balaban J connectivity index is 1.34. The molecule has 3 nitrogen and oxygen atoms in total. The predicted octanol–water partition coefficient (Wildman–Crippen LogP) is 9.18. The summed E-state index contributed by atoms with van der Waals surface area (Å²) in [5.74, 6) is 0.584. The maximum atomic E-state index is 6.48. The summed E-state index contributed by atoms with van der Waals surface area (Å²) >= 11 is 6.48. The molecule has 0 saturated heterocycles. The molecule has 0 aliphatic rings. The molecule has 0 amide bonds. The third-order valence-electron chi connectivity index (χ3n) is 6.60. The number of fused-ring (bicyclic) bond motifs is 5. The molecule has 0 spiro atoms. The second-order valence-electron chi connectivity index (χ2n) is 8.82. The molecule has 4 heteroatoms. The van der Waals surface area contributed by atoms with Crippen LogP contribution in [0.5, 0.6) is 0 Å². The van der Waals surface area contributed by atoms with Gasteiger partial charge >= 0.3 is 0 Å². The highest BCUT2D eigenvalue weighted by molar-refractivity contribution is 6.29. The van der Waals surface area contributed by atoms with Crippen LogP contribution < -0.4 is 0 Å². The molecule has 0 aliphatic carbocycles. The summed E-state index contributed by atoms with van der Waals surface area (Å²) < 4.78 is 6.15. The van der Waals surface area contributed by atoms with Crippen molar-refractivity contribution in [3.63, 3.8) is 0 Å². The topological polar surface area (TPSA) is 38.9 Å². The smallest absolute Gasteiger partial charge is 0.161 e. The fourth-order valence-electron chi connectivity index (χ4n) is 4.84. The van der Waals surface area contributed by atoms with Gasteiger partial charge in [-0.15, -0.1) is 0 Å². The molecule has 0 fully saturated rings. The minimum absolute atomic E-state index is 0.407. The monoisotopic (exact) mass is 482 g/mol. The maximum Gasteiger partial charge on any atom is 0.161 e. The van der Waals surface area contributed by atoms with E-state index in [2.05, 4.69) is 77.8 Å². The molecule has 0 bridgehead atoms. The van der Waals surface area contributed by atoms with Crippen LogP contribution >= 0.6 is 11.6 Å². The Morgan fingerprint density at radius 2 is 1.22 bits per heavy atom. The number of halogens is 1. The van der Waals surface area contributed by atoms with Crippen molar-refractivity contribution >= 4 is 44.3 Å². The average Bonchev–Trinajstić information content (AvgIpc) is 3.32. The van der Waals surface area contributed by atoms with Crippen molar-refractivity contribution in [1.29, 1.82) is 0 Å². The number of aromatic nitrogens is 2. The van der Waals surface area contributed by atoms with Crippen LogP contribution in [0.2, 0.25) is 5.15 Å². The molecule has 5 aromatic carbocycles. The molecular weight excluding hydrogens is 464 g/mol. The molecule has 0 aliphatic heterocycles. The normalized spacial score (nSPS) is 11.5. The minimum atomic E-state index is 0.407. The zero-order valence-electron chi connectivity index (χ0n) is 19.2. The van der Waals surface area contributed by atoms with E-state index in [-0.39, 0.29) is 0 Å². The van der Waals surface area contributed by atoms with E-state index in [0.29, 0.717) is 11.0 Å². The number of hydrogen-bond donors (Lipinski definition) is 0. The molecular formula is C32H19ClN2O. The molecule has 0 saturated carbocycles. The lowest BCUT2D eigenvalue weighted by Crippen LogP contribution is -1.93. The molecule has 170 valence electrons. The Hall–Kier alpha value is -4.47. The number of rotatable bonds is 3. The number of nitrogens with zero attached hydrogens (tertiary/aromatic N) is 2. The van der Waals surface area contributed by atoms with Crippen molar-refractivity contribution in [2.45, 2.75) is 0 Å². The fraction of sp³-hybridized carbons (Fsp3) is 0. The van der Waals surface area contributed by atoms with Crippen molar-refractivity contribution in [3.8, 4) is 33.8 Å². The van der Waals surface area contributed by atoms with Crippen molar-refractivity contribution in [2.24, 2.45) is 0 Å². The molecule has 7 aromatic rings. The van der Waals surface area contributed by atoms with Crippen LogP contribution in [-0.4, -0.2) is 9.97 Å². The summed E-state index contributed by atoms with van der Waals surface area (Å²) in [4.78, 5) is 9.44. The van der Waals surface area contributed by atoms with E-state index in [1.165, 1.54) is 10.9 Å². The summed E-state index contributed by atoms with van der Waals surface area (Å²) in [5.41, 5.74) is 6.70. The number of hydrogen-bond acceptors (Lipinski definition) is 3. The van der Waals surface area contributed by atoms with Gasteiger partial charge in [-0.3, -0.25) is 0 Å². The van der Waals surface area contributed by atoms with Crippen LogP contribution in [0.4, 0.5) is 0 Å². The molecule has 36 heavy (non-hydrogen) atoms. The lowest BCUT2D eigenvalue weighted by atomic mass is 10.0. The van der Waals surface area contributed by atoms with Gasteiger partial charge in [0.25, 0.3) is 0 Å². The quantitative estimate of drug-likeness (QED) is 0.235. The van der Waals surface area contributed by atoms with Gasteiger partial charge in [0.2, 0.25) is 0 Å².